The number of carboxylic acid groups (broad SMARTS) is 1. The fourth-order valence-corrected chi connectivity index (χ4v) is 1.39. The molecule has 5 nitrogen and oxygen atoms in total. The summed E-state index contributed by atoms with van der Waals surface area (Å²) >= 11 is 0. The molecule has 0 aliphatic rings. The maximum absolute atomic E-state index is 12.0. The number of ether oxygens (including phenoxy) is 1. The predicted octanol–water partition coefficient (Wildman–Crippen LogP) is 1.88. The molecule has 1 unspecified atom stereocenters. The second kappa shape index (κ2) is 6.67. The molecule has 0 radical (unpaired) electrons. The molecule has 2 N–H and O–H groups in total. The molecule has 0 aliphatic carbocycles. The minimum Gasteiger partial charge on any atom is -0.480 e. The highest BCUT2D eigenvalue weighted by Crippen LogP contribution is 2.16. The zero-order valence-corrected chi connectivity index (χ0v) is 10.1. The van der Waals surface area contributed by atoms with Gasteiger partial charge in [0, 0.05) is 5.56 Å². The van der Waals surface area contributed by atoms with E-state index in [-0.39, 0.29) is 17.7 Å². The van der Waals surface area contributed by atoms with Gasteiger partial charge in [0.05, 0.1) is 0 Å². The van der Waals surface area contributed by atoms with Gasteiger partial charge in [0.15, 0.2) is 0 Å². The number of nitrogens with one attached hydrogen (secondary N) is 1. The lowest BCUT2D eigenvalue weighted by Crippen LogP contribution is -2.40. The van der Waals surface area contributed by atoms with Gasteiger partial charge in [-0.2, -0.15) is 8.78 Å². The number of carbonyl (C=O) groups is 2. The molecule has 0 heterocycles. The maximum atomic E-state index is 12.0. The van der Waals surface area contributed by atoms with Crippen LogP contribution in [0.25, 0.3) is 0 Å². The average Bonchev–Trinajstić information content (AvgIpc) is 2.34. The zero-order chi connectivity index (χ0) is 14.4. The average molecular weight is 273 g/mol. The van der Waals surface area contributed by atoms with Crippen LogP contribution in [0.4, 0.5) is 8.78 Å². The highest BCUT2D eigenvalue weighted by Gasteiger charge is 2.18. The van der Waals surface area contributed by atoms with Crippen molar-refractivity contribution in [1.29, 1.82) is 0 Å². The summed E-state index contributed by atoms with van der Waals surface area (Å²) in [5.41, 5.74) is 0.0536. The molecule has 0 spiro atoms. The lowest BCUT2D eigenvalue weighted by molar-refractivity contribution is -0.139. The Bertz CT molecular complexity index is 465. The lowest BCUT2D eigenvalue weighted by atomic mass is 10.1. The standard InChI is InChI=1S/C12H13F2NO4/c1-2-9(11(17)18)15-10(16)7-4-3-5-8(6-7)19-12(13)14/h3-6,9,12H,2H2,1H3,(H,15,16)(H,17,18). The smallest absolute Gasteiger partial charge is 0.387 e. The first-order chi connectivity index (χ1) is 8.93. The Morgan fingerprint density at radius 3 is 2.63 bits per heavy atom. The van der Waals surface area contributed by atoms with Gasteiger partial charge in [0.25, 0.3) is 5.91 Å². The number of amides is 1. The van der Waals surface area contributed by atoms with E-state index in [0.717, 1.165) is 6.07 Å². The molecule has 0 fully saturated rings. The number of aliphatic carboxylic acids is 1. The molecular weight excluding hydrogens is 260 g/mol. The van der Waals surface area contributed by atoms with Gasteiger partial charge in [-0.15, -0.1) is 0 Å². The van der Waals surface area contributed by atoms with Crippen molar-refractivity contribution in [2.24, 2.45) is 0 Å². The Balaban J connectivity index is 2.79. The summed E-state index contributed by atoms with van der Waals surface area (Å²) in [6, 6.07) is 4.12. The van der Waals surface area contributed by atoms with E-state index in [4.69, 9.17) is 5.11 Å². The molecule has 0 saturated heterocycles. The van der Waals surface area contributed by atoms with Gasteiger partial charge in [-0.1, -0.05) is 13.0 Å². The van der Waals surface area contributed by atoms with E-state index in [1.54, 1.807) is 6.92 Å². The normalized spacial score (nSPS) is 12.0. The second-order valence-corrected chi connectivity index (χ2v) is 3.68. The van der Waals surface area contributed by atoms with Gasteiger partial charge in [0.2, 0.25) is 0 Å². The summed E-state index contributed by atoms with van der Waals surface area (Å²) in [7, 11) is 0. The number of carbonyl (C=O) groups excluding carboxylic acids is 1. The quantitative estimate of drug-likeness (QED) is 0.829. The molecule has 19 heavy (non-hydrogen) atoms. The Hall–Kier alpha value is -2.18. The van der Waals surface area contributed by atoms with Gasteiger partial charge in [0.1, 0.15) is 11.8 Å². The Morgan fingerprint density at radius 1 is 1.42 bits per heavy atom. The SMILES string of the molecule is CCC(NC(=O)c1cccc(OC(F)F)c1)C(=O)O. The summed E-state index contributed by atoms with van der Waals surface area (Å²) in [6.07, 6.45) is 0.217. The van der Waals surface area contributed by atoms with E-state index < -0.39 is 24.5 Å². The fraction of sp³-hybridized carbons (Fsp3) is 0.333. The van der Waals surface area contributed by atoms with Gasteiger partial charge >= 0.3 is 12.6 Å². The first-order valence-electron chi connectivity index (χ1n) is 5.52. The van der Waals surface area contributed by atoms with Crippen LogP contribution in [0.3, 0.4) is 0 Å². The summed E-state index contributed by atoms with van der Waals surface area (Å²) in [4.78, 5) is 22.5. The Labute approximate surface area is 108 Å². The maximum Gasteiger partial charge on any atom is 0.387 e. The van der Waals surface area contributed by atoms with E-state index in [1.165, 1.54) is 18.2 Å². The number of carboxylic acids is 1. The van der Waals surface area contributed by atoms with Crippen molar-refractivity contribution in [3.05, 3.63) is 29.8 Å². The van der Waals surface area contributed by atoms with Crippen LogP contribution in [0.2, 0.25) is 0 Å². The van der Waals surface area contributed by atoms with Crippen LogP contribution in [-0.2, 0) is 4.79 Å². The number of rotatable bonds is 6. The van der Waals surface area contributed by atoms with Gasteiger partial charge < -0.3 is 15.2 Å². The van der Waals surface area contributed by atoms with Crippen molar-refractivity contribution >= 4 is 11.9 Å². The predicted molar refractivity (Wildman–Crippen MR) is 62.3 cm³/mol. The van der Waals surface area contributed by atoms with Crippen molar-refractivity contribution in [3.63, 3.8) is 0 Å². The first kappa shape index (κ1) is 14.9. The zero-order valence-electron chi connectivity index (χ0n) is 10.1. The third kappa shape index (κ3) is 4.53. The van der Waals surface area contributed by atoms with E-state index in [1.807, 2.05) is 0 Å². The second-order valence-electron chi connectivity index (χ2n) is 3.68. The molecule has 1 amide bonds. The fourth-order valence-electron chi connectivity index (χ4n) is 1.39. The van der Waals surface area contributed by atoms with Crippen LogP contribution in [0.15, 0.2) is 24.3 Å². The van der Waals surface area contributed by atoms with Crippen LogP contribution in [0.1, 0.15) is 23.7 Å². The minimum atomic E-state index is -2.99. The molecule has 0 bridgehead atoms. The number of hydrogen-bond acceptors (Lipinski definition) is 3. The molecule has 0 aromatic heterocycles. The van der Waals surface area contributed by atoms with Gasteiger partial charge in [-0.25, -0.2) is 4.79 Å². The van der Waals surface area contributed by atoms with Crippen LogP contribution in [0, 0.1) is 0 Å². The molecule has 104 valence electrons. The summed E-state index contributed by atoms with van der Waals surface area (Å²) < 4.78 is 28.2. The molecule has 1 atom stereocenters. The minimum absolute atomic E-state index is 0.0536. The third-order valence-corrected chi connectivity index (χ3v) is 2.33. The number of halogens is 2. The number of benzene rings is 1. The Morgan fingerprint density at radius 2 is 2.11 bits per heavy atom. The highest BCUT2D eigenvalue weighted by atomic mass is 19.3. The largest absolute Gasteiger partial charge is 0.480 e. The van der Waals surface area contributed by atoms with E-state index in [0.29, 0.717) is 0 Å². The van der Waals surface area contributed by atoms with Crippen LogP contribution in [-0.4, -0.2) is 29.6 Å². The summed E-state index contributed by atoms with van der Waals surface area (Å²) in [5, 5.41) is 11.1. The Kier molecular flexibility index (Phi) is 5.23. The van der Waals surface area contributed by atoms with Gasteiger partial charge in [-0.3, -0.25) is 4.79 Å². The van der Waals surface area contributed by atoms with Crippen molar-refractivity contribution in [2.45, 2.75) is 26.0 Å². The van der Waals surface area contributed by atoms with Crippen molar-refractivity contribution in [2.75, 3.05) is 0 Å². The monoisotopic (exact) mass is 273 g/mol. The topological polar surface area (TPSA) is 75.6 Å². The van der Waals surface area contributed by atoms with E-state index in [9.17, 15) is 18.4 Å². The summed E-state index contributed by atoms with van der Waals surface area (Å²) in [5.74, 6) is -1.98. The molecule has 7 heteroatoms. The highest BCUT2D eigenvalue weighted by molar-refractivity contribution is 5.96. The van der Waals surface area contributed by atoms with Crippen molar-refractivity contribution < 1.29 is 28.2 Å². The molecular formula is C12H13F2NO4. The third-order valence-electron chi connectivity index (χ3n) is 2.33. The molecule has 0 saturated carbocycles. The molecule has 0 aliphatic heterocycles. The van der Waals surface area contributed by atoms with E-state index in [2.05, 4.69) is 10.1 Å². The number of hydrogen-bond donors (Lipinski definition) is 2. The van der Waals surface area contributed by atoms with Crippen LogP contribution in [0.5, 0.6) is 5.75 Å². The number of alkyl halides is 2. The van der Waals surface area contributed by atoms with Crippen LogP contribution < -0.4 is 10.1 Å². The van der Waals surface area contributed by atoms with Crippen molar-refractivity contribution in [3.8, 4) is 5.75 Å². The molecule has 1 aromatic carbocycles. The molecule has 1 rings (SSSR count). The van der Waals surface area contributed by atoms with E-state index >= 15 is 0 Å². The molecule has 1 aromatic rings. The summed E-state index contributed by atoms with van der Waals surface area (Å²) in [6.45, 7) is -1.38. The first-order valence-corrected chi connectivity index (χ1v) is 5.52. The van der Waals surface area contributed by atoms with Crippen molar-refractivity contribution in [1.82, 2.24) is 5.32 Å². The van der Waals surface area contributed by atoms with Crippen LogP contribution >= 0.6 is 0 Å². The van der Waals surface area contributed by atoms with Gasteiger partial charge in [-0.05, 0) is 24.6 Å². The lowest BCUT2D eigenvalue weighted by Gasteiger charge is -2.12.